The molecule has 0 bridgehead atoms. The Hall–Kier alpha value is -1.85. The third-order valence-electron chi connectivity index (χ3n) is 3.74. The fourth-order valence-corrected chi connectivity index (χ4v) is 2.00. The van der Waals surface area contributed by atoms with Crippen LogP contribution in [0.1, 0.15) is 42.9 Å². The molecule has 1 saturated heterocycles. The fraction of sp³-hybridized carbons (Fsp3) is 0.615. The first kappa shape index (κ1) is 13.6. The highest BCUT2D eigenvalue weighted by Crippen LogP contribution is 2.29. The monoisotopic (exact) mass is 266 g/mol. The Morgan fingerprint density at radius 1 is 1.42 bits per heavy atom. The minimum atomic E-state index is -1.13. The van der Waals surface area contributed by atoms with Gasteiger partial charge in [-0.2, -0.15) is 0 Å². The molecule has 1 N–H and O–H groups in total. The summed E-state index contributed by atoms with van der Waals surface area (Å²) in [6, 6.07) is 1.43. The number of aromatic nitrogens is 1. The third-order valence-corrected chi connectivity index (χ3v) is 3.74. The van der Waals surface area contributed by atoms with Crippen molar-refractivity contribution in [2.75, 3.05) is 13.1 Å². The number of carboxylic acids is 1. The summed E-state index contributed by atoms with van der Waals surface area (Å²) in [6.07, 6.45) is 0. The lowest BCUT2D eigenvalue weighted by Crippen LogP contribution is -2.51. The van der Waals surface area contributed by atoms with Gasteiger partial charge in [0, 0.05) is 31.0 Å². The molecule has 1 aromatic rings. The lowest BCUT2D eigenvalue weighted by atomic mass is 9.91. The highest BCUT2D eigenvalue weighted by Gasteiger charge is 2.36. The molecule has 1 atom stereocenters. The van der Waals surface area contributed by atoms with E-state index in [1.54, 1.807) is 4.90 Å². The largest absolute Gasteiger partial charge is 0.475 e. The van der Waals surface area contributed by atoms with Crippen molar-refractivity contribution in [2.45, 2.75) is 26.7 Å². The zero-order valence-electron chi connectivity index (χ0n) is 11.3. The topological polar surface area (TPSA) is 83.6 Å². The molecular weight excluding hydrogens is 248 g/mol. The molecule has 1 aromatic heterocycles. The van der Waals surface area contributed by atoms with Crippen LogP contribution in [0.25, 0.3) is 0 Å². The molecule has 1 aliphatic rings. The average molecular weight is 266 g/mol. The van der Waals surface area contributed by atoms with Gasteiger partial charge in [0.05, 0.1) is 5.69 Å². The molecule has 0 aromatic carbocycles. The minimum Gasteiger partial charge on any atom is -0.475 e. The van der Waals surface area contributed by atoms with Gasteiger partial charge in [-0.25, -0.2) is 4.79 Å². The van der Waals surface area contributed by atoms with Crippen molar-refractivity contribution in [2.24, 2.45) is 11.8 Å². The van der Waals surface area contributed by atoms with Crippen molar-refractivity contribution in [1.82, 2.24) is 10.1 Å². The van der Waals surface area contributed by atoms with Gasteiger partial charge in [0.1, 0.15) is 0 Å². The van der Waals surface area contributed by atoms with Gasteiger partial charge in [0.15, 0.2) is 0 Å². The molecule has 19 heavy (non-hydrogen) atoms. The van der Waals surface area contributed by atoms with E-state index in [2.05, 4.69) is 5.16 Å². The maximum absolute atomic E-state index is 12.0. The van der Waals surface area contributed by atoms with Crippen LogP contribution in [0.2, 0.25) is 0 Å². The molecule has 0 spiro atoms. The first-order valence-electron chi connectivity index (χ1n) is 6.38. The van der Waals surface area contributed by atoms with E-state index in [4.69, 9.17) is 9.63 Å². The van der Waals surface area contributed by atoms with Crippen molar-refractivity contribution >= 4 is 11.9 Å². The lowest BCUT2D eigenvalue weighted by Gasteiger charge is -2.40. The van der Waals surface area contributed by atoms with Crippen LogP contribution < -0.4 is 0 Å². The maximum Gasteiger partial charge on any atom is 0.374 e. The van der Waals surface area contributed by atoms with Crippen molar-refractivity contribution < 1.29 is 19.2 Å². The quantitative estimate of drug-likeness (QED) is 0.894. The van der Waals surface area contributed by atoms with Crippen molar-refractivity contribution in [3.05, 3.63) is 17.5 Å². The fourth-order valence-electron chi connectivity index (χ4n) is 2.00. The molecule has 1 amide bonds. The van der Waals surface area contributed by atoms with Gasteiger partial charge in [-0.1, -0.05) is 25.9 Å². The van der Waals surface area contributed by atoms with Gasteiger partial charge in [-0.3, -0.25) is 4.79 Å². The van der Waals surface area contributed by atoms with Crippen molar-refractivity contribution in [3.8, 4) is 0 Å². The van der Waals surface area contributed by atoms with Gasteiger partial charge >= 0.3 is 5.97 Å². The Kier molecular flexibility index (Phi) is 3.59. The molecule has 104 valence electrons. The lowest BCUT2D eigenvalue weighted by molar-refractivity contribution is -0.141. The number of carbonyl (C=O) groups excluding carboxylic acids is 1. The van der Waals surface area contributed by atoms with Crippen molar-refractivity contribution in [1.29, 1.82) is 0 Å². The van der Waals surface area contributed by atoms with E-state index in [0.29, 0.717) is 24.7 Å². The van der Waals surface area contributed by atoms with E-state index in [-0.39, 0.29) is 23.5 Å². The average Bonchev–Trinajstić information content (AvgIpc) is 2.75. The number of carboxylic acid groups (broad SMARTS) is 1. The van der Waals surface area contributed by atoms with Crippen LogP contribution in [-0.2, 0) is 4.79 Å². The summed E-state index contributed by atoms with van der Waals surface area (Å²) < 4.78 is 4.71. The van der Waals surface area contributed by atoms with Crippen LogP contribution in [0.3, 0.4) is 0 Å². The first-order valence-corrected chi connectivity index (χ1v) is 6.38. The van der Waals surface area contributed by atoms with Gasteiger partial charge < -0.3 is 14.5 Å². The molecular formula is C13H18N2O4. The summed E-state index contributed by atoms with van der Waals surface area (Å²) in [5.74, 6) is -0.729. The normalized spacial score (nSPS) is 17.4. The van der Waals surface area contributed by atoms with Crippen LogP contribution in [0, 0.1) is 11.8 Å². The van der Waals surface area contributed by atoms with E-state index in [0.717, 1.165) is 0 Å². The van der Waals surface area contributed by atoms with Crippen LogP contribution >= 0.6 is 0 Å². The van der Waals surface area contributed by atoms with E-state index in [9.17, 15) is 9.59 Å². The van der Waals surface area contributed by atoms with Crippen molar-refractivity contribution in [3.63, 3.8) is 0 Å². The second kappa shape index (κ2) is 5.03. The highest BCUT2D eigenvalue weighted by molar-refractivity contribution is 5.84. The Balaban J connectivity index is 1.92. The van der Waals surface area contributed by atoms with Gasteiger partial charge in [-0.15, -0.1) is 0 Å². The number of rotatable bonds is 4. The number of hydrogen-bond acceptors (Lipinski definition) is 4. The summed E-state index contributed by atoms with van der Waals surface area (Å²) in [7, 11) is 0. The molecule has 2 rings (SSSR count). The number of carbonyl (C=O) groups is 2. The molecule has 6 nitrogen and oxygen atoms in total. The van der Waals surface area contributed by atoms with E-state index in [1.165, 1.54) is 6.07 Å². The Morgan fingerprint density at radius 2 is 2.05 bits per heavy atom. The minimum absolute atomic E-state index is 0.00726. The Morgan fingerprint density at radius 3 is 2.53 bits per heavy atom. The van der Waals surface area contributed by atoms with Gasteiger partial charge in [0.25, 0.3) is 0 Å². The van der Waals surface area contributed by atoms with E-state index in [1.807, 2.05) is 20.8 Å². The number of aromatic carboxylic acids is 1. The molecule has 6 heteroatoms. The van der Waals surface area contributed by atoms with Crippen LogP contribution in [0.5, 0.6) is 0 Å². The molecule has 1 unspecified atom stereocenters. The van der Waals surface area contributed by atoms with Crippen LogP contribution in [0.15, 0.2) is 10.6 Å². The SMILES string of the molecule is CC(C)C(C)C(=O)N1CC(c2cc(C(=O)O)on2)C1. The maximum atomic E-state index is 12.0. The number of likely N-dealkylation sites (tertiary alicyclic amines) is 1. The second-order valence-corrected chi connectivity index (χ2v) is 5.39. The van der Waals surface area contributed by atoms with E-state index >= 15 is 0 Å². The Labute approximate surface area is 111 Å². The highest BCUT2D eigenvalue weighted by atomic mass is 16.5. The number of nitrogens with zero attached hydrogens (tertiary/aromatic N) is 2. The third kappa shape index (κ3) is 2.62. The van der Waals surface area contributed by atoms with E-state index < -0.39 is 5.97 Å². The number of amides is 1. The summed E-state index contributed by atoms with van der Waals surface area (Å²) in [5, 5.41) is 12.5. The predicted octanol–water partition coefficient (Wildman–Crippen LogP) is 1.59. The zero-order chi connectivity index (χ0) is 14.2. The van der Waals surface area contributed by atoms with Crippen LogP contribution in [-0.4, -0.2) is 40.1 Å². The molecule has 2 heterocycles. The smallest absolute Gasteiger partial charge is 0.374 e. The summed E-state index contributed by atoms with van der Waals surface area (Å²) in [6.45, 7) is 7.15. The Bertz CT molecular complexity index is 489. The zero-order valence-corrected chi connectivity index (χ0v) is 11.3. The molecule has 1 fully saturated rings. The van der Waals surface area contributed by atoms with Gasteiger partial charge in [-0.05, 0) is 5.92 Å². The van der Waals surface area contributed by atoms with Gasteiger partial charge in [0.2, 0.25) is 11.7 Å². The molecule has 1 aliphatic heterocycles. The standard InChI is InChI=1S/C13H18N2O4/c1-7(2)8(3)12(16)15-5-9(6-15)10-4-11(13(17)18)19-14-10/h4,7-9H,5-6H2,1-3H3,(H,17,18). The molecule has 0 saturated carbocycles. The summed E-state index contributed by atoms with van der Waals surface area (Å²) in [4.78, 5) is 24.5. The summed E-state index contributed by atoms with van der Waals surface area (Å²) in [5.41, 5.74) is 0.610. The second-order valence-electron chi connectivity index (χ2n) is 5.39. The predicted molar refractivity (Wildman–Crippen MR) is 66.8 cm³/mol. The summed E-state index contributed by atoms with van der Waals surface area (Å²) >= 11 is 0. The molecule has 0 radical (unpaired) electrons. The number of hydrogen-bond donors (Lipinski definition) is 1. The van der Waals surface area contributed by atoms with Crippen LogP contribution in [0.4, 0.5) is 0 Å². The molecule has 0 aliphatic carbocycles. The first-order chi connectivity index (χ1) is 8.90.